The molecule has 1 spiro atoms. The lowest BCUT2D eigenvalue weighted by Crippen LogP contribution is -2.52. The predicted octanol–water partition coefficient (Wildman–Crippen LogP) is 4.36. The van der Waals surface area contributed by atoms with Crippen LogP contribution in [0.2, 0.25) is 10.2 Å². The lowest BCUT2D eigenvalue weighted by atomic mass is 9.85. The Morgan fingerprint density at radius 2 is 1.91 bits per heavy atom. The number of nitrogens with one attached hydrogen (secondary N) is 1. The molecule has 0 saturated carbocycles. The lowest BCUT2D eigenvalue weighted by Gasteiger charge is -2.43. The highest BCUT2D eigenvalue weighted by atomic mass is 35.5. The van der Waals surface area contributed by atoms with Crippen LogP contribution < -0.4 is 5.56 Å². The molecule has 0 bridgehead atoms. The molecule has 0 radical (unpaired) electrons. The third-order valence-electron chi connectivity index (χ3n) is 7.36. The minimum absolute atomic E-state index is 0.0699. The van der Waals surface area contributed by atoms with Gasteiger partial charge in [0, 0.05) is 36.9 Å². The molecule has 1 N–H and O–H groups in total. The van der Waals surface area contributed by atoms with Crippen LogP contribution in [0.3, 0.4) is 0 Å². The number of piperidine rings is 1. The number of nitrogens with zero attached hydrogens (tertiary/aromatic N) is 3. The molecule has 2 aromatic heterocycles. The minimum Gasteiger partial charge on any atom is -0.338 e. The number of carbonyl (C=O) groups is 1. The number of benzene rings is 1. The number of aromatic amines is 1. The molecule has 2 saturated heterocycles. The normalized spacial score (nSPS) is 18.5. The molecular formula is C24H25Cl2FN4O2. The van der Waals surface area contributed by atoms with Crippen molar-refractivity contribution in [1.29, 1.82) is 0 Å². The number of halogens is 3. The van der Waals surface area contributed by atoms with Gasteiger partial charge in [0.1, 0.15) is 16.5 Å². The van der Waals surface area contributed by atoms with E-state index in [0.29, 0.717) is 30.7 Å². The Morgan fingerprint density at radius 1 is 1.15 bits per heavy atom. The second-order valence-corrected chi connectivity index (χ2v) is 9.91. The molecular weight excluding hydrogens is 466 g/mol. The summed E-state index contributed by atoms with van der Waals surface area (Å²) in [4.78, 5) is 32.2. The van der Waals surface area contributed by atoms with Crippen molar-refractivity contribution in [3.05, 3.63) is 73.6 Å². The van der Waals surface area contributed by atoms with Gasteiger partial charge < -0.3 is 14.8 Å². The van der Waals surface area contributed by atoms with Gasteiger partial charge in [-0.05, 0) is 63.0 Å². The molecule has 6 nitrogen and oxygen atoms in total. The second kappa shape index (κ2) is 8.46. The van der Waals surface area contributed by atoms with Gasteiger partial charge in [0.05, 0.1) is 10.6 Å². The molecule has 1 amide bonds. The van der Waals surface area contributed by atoms with Crippen molar-refractivity contribution in [2.45, 2.75) is 37.6 Å². The number of aromatic nitrogens is 2. The van der Waals surface area contributed by atoms with Gasteiger partial charge >= 0.3 is 0 Å². The average Bonchev–Trinajstić information content (AvgIpc) is 3.31. The summed E-state index contributed by atoms with van der Waals surface area (Å²) in [6.07, 6.45) is 6.08. The largest absolute Gasteiger partial charge is 0.338 e. The number of amides is 1. The molecule has 3 aromatic rings. The van der Waals surface area contributed by atoms with Crippen molar-refractivity contribution < 1.29 is 9.18 Å². The number of fused-ring (bicyclic) bond motifs is 1. The van der Waals surface area contributed by atoms with E-state index in [2.05, 4.69) is 16.9 Å². The van der Waals surface area contributed by atoms with Crippen molar-refractivity contribution in [3.8, 4) is 0 Å². The molecule has 0 atom stereocenters. The number of rotatable bonds is 3. The summed E-state index contributed by atoms with van der Waals surface area (Å²) < 4.78 is 16.3. The summed E-state index contributed by atoms with van der Waals surface area (Å²) in [6.45, 7) is 2.36. The SMILES string of the molecule is CN1CCCC12CCN(C(=O)c1cc(Cc3c[nH]c(=O)c4cc(Cl)c(Cl)n34)ccc1F)CC2. The fourth-order valence-corrected chi connectivity index (χ4v) is 5.82. The van der Waals surface area contributed by atoms with Crippen LogP contribution in [0, 0.1) is 5.82 Å². The van der Waals surface area contributed by atoms with E-state index in [1.807, 2.05) is 0 Å². The molecule has 33 heavy (non-hydrogen) atoms. The minimum atomic E-state index is -0.532. The number of hydrogen-bond acceptors (Lipinski definition) is 3. The molecule has 9 heteroatoms. The van der Waals surface area contributed by atoms with Crippen LogP contribution in [0.25, 0.3) is 5.52 Å². The fraction of sp³-hybridized carbons (Fsp3) is 0.417. The monoisotopic (exact) mass is 490 g/mol. The standard InChI is InChI=1S/C24H25Cl2FN4O2/c1-29-8-2-5-24(29)6-9-30(10-7-24)23(33)17-12-15(3-4-19(17)27)11-16-14-28-22(32)20-13-18(25)21(26)31(16)20/h3-4,12-14H,2,5-11H2,1H3,(H,28,32). The predicted molar refractivity (Wildman–Crippen MR) is 127 cm³/mol. The zero-order valence-corrected chi connectivity index (χ0v) is 19.8. The van der Waals surface area contributed by atoms with Crippen molar-refractivity contribution >= 4 is 34.6 Å². The third kappa shape index (κ3) is 3.86. The number of H-pyrrole nitrogens is 1. The summed E-state index contributed by atoms with van der Waals surface area (Å²) in [6, 6.07) is 6.07. The number of hydrogen-bond donors (Lipinski definition) is 1. The Bertz CT molecular complexity index is 1290. The molecule has 5 rings (SSSR count). The summed E-state index contributed by atoms with van der Waals surface area (Å²) in [5.41, 5.74) is 1.69. The maximum Gasteiger partial charge on any atom is 0.272 e. The van der Waals surface area contributed by atoms with Crippen LogP contribution in [-0.4, -0.2) is 57.3 Å². The molecule has 1 aromatic carbocycles. The maximum absolute atomic E-state index is 14.7. The highest BCUT2D eigenvalue weighted by Gasteiger charge is 2.42. The first-order valence-corrected chi connectivity index (χ1v) is 11.9. The van der Waals surface area contributed by atoms with Gasteiger partial charge in [0.25, 0.3) is 11.5 Å². The van der Waals surface area contributed by atoms with Gasteiger partial charge in [-0.2, -0.15) is 0 Å². The average molecular weight is 491 g/mol. The van der Waals surface area contributed by atoms with Crippen molar-refractivity contribution in [2.75, 3.05) is 26.7 Å². The Balaban J connectivity index is 1.39. The Labute approximate surface area is 200 Å². The quantitative estimate of drug-likeness (QED) is 0.592. The first-order chi connectivity index (χ1) is 15.8. The van der Waals surface area contributed by atoms with Gasteiger partial charge in [-0.15, -0.1) is 0 Å². The Morgan fingerprint density at radius 3 is 2.61 bits per heavy atom. The van der Waals surface area contributed by atoms with Crippen molar-refractivity contribution in [2.24, 2.45) is 0 Å². The number of likely N-dealkylation sites (tertiary alicyclic amines) is 2. The van der Waals surface area contributed by atoms with Gasteiger partial charge in [-0.3, -0.25) is 14.0 Å². The topological polar surface area (TPSA) is 60.8 Å². The lowest BCUT2D eigenvalue weighted by molar-refractivity contribution is 0.0488. The van der Waals surface area contributed by atoms with Gasteiger partial charge in [-0.25, -0.2) is 4.39 Å². The molecule has 4 heterocycles. The molecule has 2 fully saturated rings. The van der Waals surface area contributed by atoms with Crippen LogP contribution >= 0.6 is 23.2 Å². The van der Waals surface area contributed by atoms with E-state index in [4.69, 9.17) is 23.2 Å². The molecule has 174 valence electrons. The van der Waals surface area contributed by atoms with E-state index in [1.165, 1.54) is 18.6 Å². The maximum atomic E-state index is 14.7. The van der Waals surface area contributed by atoms with Crippen LogP contribution in [0.1, 0.15) is 47.3 Å². The summed E-state index contributed by atoms with van der Waals surface area (Å²) in [5.74, 6) is -0.811. The van der Waals surface area contributed by atoms with Gasteiger partial charge in [0.2, 0.25) is 0 Å². The van der Waals surface area contributed by atoms with E-state index in [9.17, 15) is 14.0 Å². The summed E-state index contributed by atoms with van der Waals surface area (Å²) in [7, 11) is 2.16. The van der Waals surface area contributed by atoms with Crippen LogP contribution in [0.4, 0.5) is 4.39 Å². The Kier molecular flexibility index (Phi) is 5.75. The van der Waals surface area contributed by atoms with E-state index < -0.39 is 5.82 Å². The van der Waals surface area contributed by atoms with Crippen molar-refractivity contribution in [3.63, 3.8) is 0 Å². The summed E-state index contributed by atoms with van der Waals surface area (Å²) >= 11 is 12.4. The van der Waals surface area contributed by atoms with E-state index >= 15 is 0 Å². The highest BCUT2D eigenvalue weighted by molar-refractivity contribution is 6.42. The zero-order chi connectivity index (χ0) is 23.3. The molecule has 2 aliphatic heterocycles. The zero-order valence-electron chi connectivity index (χ0n) is 18.3. The molecule has 2 aliphatic rings. The first kappa shape index (κ1) is 22.4. The van der Waals surface area contributed by atoms with Gasteiger partial charge in [-0.1, -0.05) is 29.3 Å². The third-order valence-corrected chi connectivity index (χ3v) is 8.12. The molecule has 0 aliphatic carbocycles. The summed E-state index contributed by atoms with van der Waals surface area (Å²) in [5, 5.41) is 0.519. The highest BCUT2D eigenvalue weighted by Crippen LogP contribution is 2.37. The smallest absolute Gasteiger partial charge is 0.272 e. The van der Waals surface area contributed by atoms with E-state index in [0.717, 1.165) is 31.4 Å². The van der Waals surface area contributed by atoms with Crippen LogP contribution in [-0.2, 0) is 6.42 Å². The van der Waals surface area contributed by atoms with E-state index in [1.54, 1.807) is 27.6 Å². The Hall–Kier alpha value is -2.35. The van der Waals surface area contributed by atoms with Gasteiger partial charge in [0.15, 0.2) is 0 Å². The van der Waals surface area contributed by atoms with Crippen LogP contribution in [0.15, 0.2) is 35.3 Å². The van der Waals surface area contributed by atoms with E-state index in [-0.39, 0.29) is 32.7 Å². The molecule has 0 unspecified atom stereocenters. The van der Waals surface area contributed by atoms with Crippen molar-refractivity contribution in [1.82, 2.24) is 19.2 Å². The fourth-order valence-electron chi connectivity index (χ4n) is 5.38. The van der Waals surface area contributed by atoms with Crippen LogP contribution in [0.5, 0.6) is 0 Å². The second-order valence-electron chi connectivity index (χ2n) is 9.15. The number of carbonyl (C=O) groups excluding carboxylic acids is 1. The first-order valence-electron chi connectivity index (χ1n) is 11.1.